The molecule has 0 saturated heterocycles. The van der Waals surface area contributed by atoms with Gasteiger partial charge in [0.1, 0.15) is 11.5 Å². The fourth-order valence-electron chi connectivity index (χ4n) is 1.72. The molecule has 0 bridgehead atoms. The zero-order chi connectivity index (χ0) is 15.2. The van der Waals surface area contributed by atoms with Crippen molar-refractivity contribution in [3.63, 3.8) is 0 Å². The molecular formula is C15H18N2O3S. The molecule has 6 heteroatoms. The van der Waals surface area contributed by atoms with Gasteiger partial charge in [-0.25, -0.2) is 4.98 Å². The number of nitrogens with one attached hydrogen (secondary N) is 1. The molecule has 21 heavy (non-hydrogen) atoms. The van der Waals surface area contributed by atoms with Crippen LogP contribution in [-0.4, -0.2) is 24.1 Å². The third kappa shape index (κ3) is 4.46. The van der Waals surface area contributed by atoms with Crippen molar-refractivity contribution in [3.05, 3.63) is 40.3 Å². The van der Waals surface area contributed by atoms with Crippen LogP contribution in [-0.2, 0) is 11.3 Å². The van der Waals surface area contributed by atoms with Gasteiger partial charge in [-0.3, -0.25) is 4.79 Å². The number of nitrogens with zero attached hydrogens (tertiary/aromatic N) is 1. The average molecular weight is 306 g/mol. The van der Waals surface area contributed by atoms with E-state index in [1.807, 2.05) is 12.3 Å². The van der Waals surface area contributed by atoms with E-state index in [0.29, 0.717) is 12.3 Å². The Balaban J connectivity index is 1.83. The maximum atomic E-state index is 12.0. The number of aromatic nitrogens is 1. The summed E-state index contributed by atoms with van der Waals surface area (Å²) in [7, 11) is 1.60. The van der Waals surface area contributed by atoms with Crippen LogP contribution < -0.4 is 14.8 Å². The van der Waals surface area contributed by atoms with Gasteiger partial charge in [-0.15, -0.1) is 11.3 Å². The van der Waals surface area contributed by atoms with Crippen molar-refractivity contribution < 1.29 is 14.3 Å². The SMILES string of the molecule is COc1ccc(OC(C)C(=O)NCc2csc(C)n2)cc1. The first-order chi connectivity index (χ1) is 10.1. The minimum atomic E-state index is -0.571. The highest BCUT2D eigenvalue weighted by Gasteiger charge is 2.14. The van der Waals surface area contributed by atoms with Crippen molar-refractivity contribution in [2.24, 2.45) is 0 Å². The van der Waals surface area contributed by atoms with Crippen molar-refractivity contribution in [1.82, 2.24) is 10.3 Å². The molecule has 1 amide bonds. The second-order valence-electron chi connectivity index (χ2n) is 4.51. The highest BCUT2D eigenvalue weighted by molar-refractivity contribution is 7.09. The van der Waals surface area contributed by atoms with Gasteiger partial charge in [0.15, 0.2) is 6.10 Å². The molecule has 0 saturated carbocycles. The molecule has 2 rings (SSSR count). The van der Waals surface area contributed by atoms with Crippen LogP contribution in [0, 0.1) is 6.92 Å². The van der Waals surface area contributed by atoms with E-state index in [9.17, 15) is 4.79 Å². The zero-order valence-electron chi connectivity index (χ0n) is 12.3. The summed E-state index contributed by atoms with van der Waals surface area (Å²) in [6.07, 6.45) is -0.571. The molecule has 1 heterocycles. The first-order valence-corrected chi connectivity index (χ1v) is 7.46. The first-order valence-electron chi connectivity index (χ1n) is 6.58. The fraction of sp³-hybridized carbons (Fsp3) is 0.333. The van der Waals surface area contributed by atoms with Crippen LogP contribution >= 0.6 is 11.3 Å². The third-order valence-corrected chi connectivity index (χ3v) is 3.67. The topological polar surface area (TPSA) is 60.5 Å². The maximum Gasteiger partial charge on any atom is 0.261 e. The number of aryl methyl sites for hydroxylation is 1. The molecule has 0 aliphatic heterocycles. The normalized spacial score (nSPS) is 11.8. The van der Waals surface area contributed by atoms with E-state index >= 15 is 0 Å². The van der Waals surface area contributed by atoms with E-state index in [0.717, 1.165) is 16.5 Å². The van der Waals surface area contributed by atoms with Crippen LogP contribution in [0.2, 0.25) is 0 Å². The minimum absolute atomic E-state index is 0.170. The monoisotopic (exact) mass is 306 g/mol. The van der Waals surface area contributed by atoms with Gasteiger partial charge in [-0.2, -0.15) is 0 Å². The zero-order valence-corrected chi connectivity index (χ0v) is 13.1. The summed E-state index contributed by atoms with van der Waals surface area (Å²) in [4.78, 5) is 16.3. The van der Waals surface area contributed by atoms with Crippen molar-refractivity contribution in [2.75, 3.05) is 7.11 Å². The number of carbonyl (C=O) groups excluding carboxylic acids is 1. The summed E-state index contributed by atoms with van der Waals surface area (Å²) >= 11 is 1.57. The van der Waals surface area contributed by atoms with Crippen LogP contribution in [0.5, 0.6) is 11.5 Å². The molecule has 0 aliphatic carbocycles. The van der Waals surface area contributed by atoms with Crippen LogP contribution in [0.15, 0.2) is 29.6 Å². The lowest BCUT2D eigenvalue weighted by Crippen LogP contribution is -2.35. The Morgan fingerprint density at radius 2 is 2.00 bits per heavy atom. The first kappa shape index (κ1) is 15.3. The lowest BCUT2D eigenvalue weighted by atomic mass is 10.3. The number of hydrogen-bond donors (Lipinski definition) is 1. The van der Waals surface area contributed by atoms with Crippen molar-refractivity contribution in [1.29, 1.82) is 0 Å². The number of amides is 1. The van der Waals surface area contributed by atoms with E-state index in [4.69, 9.17) is 9.47 Å². The Labute approximate surface area is 127 Å². The van der Waals surface area contributed by atoms with Gasteiger partial charge >= 0.3 is 0 Å². The number of carbonyl (C=O) groups is 1. The second kappa shape index (κ2) is 7.08. The molecule has 1 N–H and O–H groups in total. The van der Waals surface area contributed by atoms with Gasteiger partial charge in [0.2, 0.25) is 0 Å². The van der Waals surface area contributed by atoms with E-state index in [-0.39, 0.29) is 5.91 Å². The molecule has 0 fully saturated rings. The second-order valence-corrected chi connectivity index (χ2v) is 5.57. The Morgan fingerprint density at radius 3 is 2.57 bits per heavy atom. The average Bonchev–Trinajstić information content (AvgIpc) is 2.91. The molecule has 1 atom stereocenters. The van der Waals surface area contributed by atoms with Gasteiger partial charge in [0.25, 0.3) is 5.91 Å². The summed E-state index contributed by atoms with van der Waals surface area (Å²) in [5.41, 5.74) is 0.863. The lowest BCUT2D eigenvalue weighted by Gasteiger charge is -2.14. The van der Waals surface area contributed by atoms with E-state index in [1.54, 1.807) is 49.6 Å². The largest absolute Gasteiger partial charge is 0.497 e. The molecule has 2 aromatic rings. The van der Waals surface area contributed by atoms with Crippen molar-refractivity contribution >= 4 is 17.2 Å². The highest BCUT2D eigenvalue weighted by Crippen LogP contribution is 2.18. The molecule has 1 unspecified atom stereocenters. The molecular weight excluding hydrogens is 288 g/mol. The molecule has 1 aromatic carbocycles. The quantitative estimate of drug-likeness (QED) is 0.891. The summed E-state index contributed by atoms with van der Waals surface area (Å²) in [6.45, 7) is 4.07. The Morgan fingerprint density at radius 1 is 1.33 bits per heavy atom. The van der Waals surface area contributed by atoms with Crippen LogP contribution in [0.1, 0.15) is 17.6 Å². The van der Waals surface area contributed by atoms with Crippen molar-refractivity contribution in [2.45, 2.75) is 26.5 Å². The van der Waals surface area contributed by atoms with Crippen LogP contribution in [0.25, 0.3) is 0 Å². The molecule has 0 aliphatic rings. The van der Waals surface area contributed by atoms with E-state index < -0.39 is 6.10 Å². The van der Waals surface area contributed by atoms with E-state index in [2.05, 4.69) is 10.3 Å². The Kier molecular flexibility index (Phi) is 5.16. The van der Waals surface area contributed by atoms with Crippen LogP contribution in [0.3, 0.4) is 0 Å². The summed E-state index contributed by atoms with van der Waals surface area (Å²) in [6, 6.07) is 7.12. The summed E-state index contributed by atoms with van der Waals surface area (Å²) in [5.74, 6) is 1.21. The molecule has 1 aromatic heterocycles. The van der Waals surface area contributed by atoms with Crippen molar-refractivity contribution in [3.8, 4) is 11.5 Å². The molecule has 0 spiro atoms. The number of ether oxygens (including phenoxy) is 2. The smallest absolute Gasteiger partial charge is 0.261 e. The number of thiazole rings is 1. The maximum absolute atomic E-state index is 12.0. The molecule has 0 radical (unpaired) electrons. The van der Waals surface area contributed by atoms with Gasteiger partial charge < -0.3 is 14.8 Å². The summed E-state index contributed by atoms with van der Waals surface area (Å²) < 4.78 is 10.7. The minimum Gasteiger partial charge on any atom is -0.497 e. The number of benzene rings is 1. The predicted molar refractivity (Wildman–Crippen MR) is 81.8 cm³/mol. The number of methoxy groups -OCH3 is 1. The van der Waals surface area contributed by atoms with Gasteiger partial charge in [0, 0.05) is 5.38 Å². The van der Waals surface area contributed by atoms with Gasteiger partial charge in [-0.05, 0) is 38.1 Å². The van der Waals surface area contributed by atoms with E-state index in [1.165, 1.54) is 0 Å². The number of rotatable bonds is 6. The Hall–Kier alpha value is -2.08. The Bertz CT molecular complexity index is 595. The predicted octanol–water partition coefficient (Wildman–Crippen LogP) is 2.54. The van der Waals surface area contributed by atoms with Gasteiger partial charge in [-0.1, -0.05) is 0 Å². The standard InChI is InChI=1S/C15H18N2O3S/c1-10(20-14-6-4-13(19-3)5-7-14)15(18)16-8-12-9-21-11(2)17-12/h4-7,9-10H,8H2,1-3H3,(H,16,18). The highest BCUT2D eigenvalue weighted by atomic mass is 32.1. The lowest BCUT2D eigenvalue weighted by molar-refractivity contribution is -0.127. The van der Waals surface area contributed by atoms with Gasteiger partial charge in [0.05, 0.1) is 24.4 Å². The summed E-state index contributed by atoms with van der Waals surface area (Å²) in [5, 5.41) is 5.73. The molecule has 5 nitrogen and oxygen atoms in total. The third-order valence-electron chi connectivity index (χ3n) is 2.85. The number of hydrogen-bond acceptors (Lipinski definition) is 5. The fourth-order valence-corrected chi connectivity index (χ4v) is 2.34. The van der Waals surface area contributed by atoms with Crippen LogP contribution in [0.4, 0.5) is 0 Å². The molecule has 112 valence electrons.